The van der Waals surface area contributed by atoms with E-state index in [1.54, 1.807) is 43.3 Å². The van der Waals surface area contributed by atoms with Gasteiger partial charge in [0.05, 0.1) is 10.6 Å². The Hall–Kier alpha value is -2.60. The predicted octanol–water partition coefficient (Wildman–Crippen LogP) is 3.24. The summed E-state index contributed by atoms with van der Waals surface area (Å²) in [5, 5.41) is 5.92. The minimum Gasteiger partial charge on any atom is -0.371 e. The molecule has 1 heterocycles. The third-order valence-corrected chi connectivity index (χ3v) is 5.23. The SMILES string of the molecule is C[C@@H](NC(=O)c1ccccc1Cl)C(=O)NC[C@H]1CCN(c2ccc(F)cc2)C1. The van der Waals surface area contributed by atoms with Gasteiger partial charge < -0.3 is 15.5 Å². The van der Waals surface area contributed by atoms with Crippen molar-refractivity contribution in [3.05, 3.63) is 64.9 Å². The average Bonchev–Trinajstić information content (AvgIpc) is 3.16. The van der Waals surface area contributed by atoms with E-state index in [0.717, 1.165) is 25.2 Å². The summed E-state index contributed by atoms with van der Waals surface area (Å²) in [6.07, 6.45) is 0.942. The Labute approximate surface area is 168 Å². The zero-order valence-electron chi connectivity index (χ0n) is 15.6. The maximum atomic E-state index is 13.1. The van der Waals surface area contributed by atoms with Crippen molar-refractivity contribution in [3.8, 4) is 0 Å². The van der Waals surface area contributed by atoms with Crippen LogP contribution in [-0.2, 0) is 4.79 Å². The average molecular weight is 404 g/mol. The first-order chi connectivity index (χ1) is 13.4. The van der Waals surface area contributed by atoms with Gasteiger partial charge in [0.15, 0.2) is 0 Å². The van der Waals surface area contributed by atoms with E-state index in [1.807, 2.05) is 0 Å². The minimum atomic E-state index is -0.668. The zero-order valence-corrected chi connectivity index (χ0v) is 16.4. The second-order valence-electron chi connectivity index (χ2n) is 7.00. The van der Waals surface area contributed by atoms with Crippen LogP contribution in [0.1, 0.15) is 23.7 Å². The van der Waals surface area contributed by atoms with E-state index >= 15 is 0 Å². The molecule has 1 fully saturated rings. The smallest absolute Gasteiger partial charge is 0.253 e. The Morgan fingerprint density at radius 1 is 1.21 bits per heavy atom. The van der Waals surface area contributed by atoms with E-state index in [1.165, 1.54) is 12.1 Å². The molecule has 2 amide bonds. The number of carbonyl (C=O) groups is 2. The normalized spacial score (nSPS) is 17.2. The molecule has 3 rings (SSSR count). The Morgan fingerprint density at radius 2 is 1.93 bits per heavy atom. The van der Waals surface area contributed by atoms with Gasteiger partial charge in [-0.05, 0) is 55.7 Å². The van der Waals surface area contributed by atoms with Gasteiger partial charge in [-0.15, -0.1) is 0 Å². The first-order valence-corrected chi connectivity index (χ1v) is 9.65. The number of rotatable bonds is 6. The van der Waals surface area contributed by atoms with Crippen molar-refractivity contribution in [2.75, 3.05) is 24.5 Å². The number of carbonyl (C=O) groups excluding carboxylic acids is 2. The molecule has 1 saturated heterocycles. The molecule has 1 aliphatic rings. The Kier molecular flexibility index (Phi) is 6.52. The fourth-order valence-corrected chi connectivity index (χ4v) is 3.49. The molecule has 1 aliphatic heterocycles. The van der Waals surface area contributed by atoms with Crippen LogP contribution >= 0.6 is 11.6 Å². The molecule has 0 radical (unpaired) electrons. The van der Waals surface area contributed by atoms with Crippen molar-refractivity contribution >= 4 is 29.1 Å². The van der Waals surface area contributed by atoms with Gasteiger partial charge in [-0.1, -0.05) is 23.7 Å². The summed E-state index contributed by atoms with van der Waals surface area (Å²) in [7, 11) is 0. The summed E-state index contributed by atoms with van der Waals surface area (Å²) < 4.78 is 13.1. The molecule has 148 valence electrons. The lowest BCUT2D eigenvalue weighted by atomic mass is 10.1. The van der Waals surface area contributed by atoms with Gasteiger partial charge in [0.25, 0.3) is 5.91 Å². The van der Waals surface area contributed by atoms with E-state index in [9.17, 15) is 14.0 Å². The molecule has 0 aliphatic carbocycles. The first-order valence-electron chi connectivity index (χ1n) is 9.27. The highest BCUT2D eigenvalue weighted by molar-refractivity contribution is 6.33. The number of halogens is 2. The first kappa shape index (κ1) is 20.1. The third kappa shape index (κ3) is 5.01. The van der Waals surface area contributed by atoms with Gasteiger partial charge in [0, 0.05) is 25.3 Å². The second kappa shape index (κ2) is 9.06. The van der Waals surface area contributed by atoms with Crippen LogP contribution in [0.25, 0.3) is 0 Å². The molecule has 0 bridgehead atoms. The molecule has 28 heavy (non-hydrogen) atoms. The Balaban J connectivity index is 1.45. The Morgan fingerprint density at radius 3 is 2.64 bits per heavy atom. The van der Waals surface area contributed by atoms with Gasteiger partial charge in [-0.25, -0.2) is 4.39 Å². The summed E-state index contributed by atoms with van der Waals surface area (Å²) >= 11 is 6.02. The van der Waals surface area contributed by atoms with E-state index < -0.39 is 6.04 Å². The third-order valence-electron chi connectivity index (χ3n) is 4.90. The molecule has 0 spiro atoms. The highest BCUT2D eigenvalue weighted by atomic mass is 35.5. The highest BCUT2D eigenvalue weighted by Gasteiger charge is 2.24. The van der Waals surface area contributed by atoms with Gasteiger partial charge in [-0.2, -0.15) is 0 Å². The van der Waals surface area contributed by atoms with Gasteiger partial charge >= 0.3 is 0 Å². The lowest BCUT2D eigenvalue weighted by Crippen LogP contribution is -2.46. The lowest BCUT2D eigenvalue weighted by Gasteiger charge is -2.19. The van der Waals surface area contributed by atoms with Crippen LogP contribution in [0.4, 0.5) is 10.1 Å². The van der Waals surface area contributed by atoms with Gasteiger partial charge in [0.1, 0.15) is 11.9 Å². The van der Waals surface area contributed by atoms with Crippen LogP contribution in [0, 0.1) is 11.7 Å². The summed E-state index contributed by atoms with van der Waals surface area (Å²) in [6, 6.07) is 12.5. The lowest BCUT2D eigenvalue weighted by molar-refractivity contribution is -0.122. The number of hydrogen-bond donors (Lipinski definition) is 2. The summed E-state index contributed by atoms with van der Waals surface area (Å²) in [5.74, 6) is -0.558. The topological polar surface area (TPSA) is 61.4 Å². The van der Waals surface area contributed by atoms with Crippen molar-refractivity contribution in [2.24, 2.45) is 5.92 Å². The fraction of sp³-hybridized carbons (Fsp3) is 0.333. The molecular formula is C21H23ClFN3O2. The number of anilines is 1. The summed E-state index contributed by atoms with van der Waals surface area (Å²) in [6.45, 7) is 3.84. The van der Waals surface area contributed by atoms with Crippen molar-refractivity contribution in [1.29, 1.82) is 0 Å². The van der Waals surface area contributed by atoms with Gasteiger partial charge in [0.2, 0.25) is 5.91 Å². The number of benzene rings is 2. The predicted molar refractivity (Wildman–Crippen MR) is 108 cm³/mol. The maximum Gasteiger partial charge on any atom is 0.253 e. The van der Waals surface area contributed by atoms with Crippen LogP contribution in [0.3, 0.4) is 0 Å². The number of nitrogens with zero attached hydrogens (tertiary/aromatic N) is 1. The van der Waals surface area contributed by atoms with E-state index in [0.29, 0.717) is 23.0 Å². The van der Waals surface area contributed by atoms with Crippen molar-refractivity contribution in [3.63, 3.8) is 0 Å². The van der Waals surface area contributed by atoms with E-state index in [2.05, 4.69) is 15.5 Å². The van der Waals surface area contributed by atoms with E-state index in [-0.39, 0.29) is 17.6 Å². The van der Waals surface area contributed by atoms with Crippen LogP contribution in [-0.4, -0.2) is 37.5 Å². The molecule has 5 nitrogen and oxygen atoms in total. The molecule has 2 N–H and O–H groups in total. The maximum absolute atomic E-state index is 13.1. The standard InChI is InChI=1S/C21H23ClFN3O2/c1-14(25-21(28)18-4-2-3-5-19(18)22)20(27)24-12-15-10-11-26(13-15)17-8-6-16(23)7-9-17/h2-9,14-15H,10-13H2,1H3,(H,24,27)(H,25,28)/t14-,15-/m1/s1. The molecular weight excluding hydrogens is 381 g/mol. The molecule has 7 heteroatoms. The molecule has 0 unspecified atom stereocenters. The van der Waals surface area contributed by atoms with Crippen LogP contribution in [0.5, 0.6) is 0 Å². The molecule has 2 aromatic rings. The highest BCUT2D eigenvalue weighted by Crippen LogP contribution is 2.23. The van der Waals surface area contributed by atoms with Gasteiger partial charge in [-0.3, -0.25) is 9.59 Å². The van der Waals surface area contributed by atoms with E-state index in [4.69, 9.17) is 11.6 Å². The van der Waals surface area contributed by atoms with Crippen molar-refractivity contribution in [2.45, 2.75) is 19.4 Å². The monoisotopic (exact) mass is 403 g/mol. The van der Waals surface area contributed by atoms with Crippen LogP contribution in [0.15, 0.2) is 48.5 Å². The number of nitrogens with one attached hydrogen (secondary N) is 2. The van der Waals surface area contributed by atoms with Crippen molar-refractivity contribution < 1.29 is 14.0 Å². The zero-order chi connectivity index (χ0) is 20.1. The number of hydrogen-bond acceptors (Lipinski definition) is 3. The largest absolute Gasteiger partial charge is 0.371 e. The molecule has 2 aromatic carbocycles. The van der Waals surface area contributed by atoms with Crippen molar-refractivity contribution in [1.82, 2.24) is 10.6 Å². The quantitative estimate of drug-likeness (QED) is 0.778. The van der Waals surface area contributed by atoms with Crippen LogP contribution < -0.4 is 15.5 Å². The molecule has 0 aromatic heterocycles. The molecule has 2 atom stereocenters. The fourth-order valence-electron chi connectivity index (χ4n) is 3.27. The van der Waals surface area contributed by atoms with Crippen LogP contribution in [0.2, 0.25) is 5.02 Å². The number of amides is 2. The minimum absolute atomic E-state index is 0.236. The second-order valence-corrected chi connectivity index (χ2v) is 7.40. The Bertz CT molecular complexity index is 844. The summed E-state index contributed by atoms with van der Waals surface area (Å²) in [4.78, 5) is 26.8. The summed E-state index contributed by atoms with van der Waals surface area (Å²) in [5.41, 5.74) is 1.32. The molecule has 0 saturated carbocycles.